The molecule has 4 N–H and O–H groups in total. The van der Waals surface area contributed by atoms with E-state index in [9.17, 15) is 32.3 Å². The van der Waals surface area contributed by atoms with Gasteiger partial charge in [-0.15, -0.1) is 0 Å². The first-order valence-corrected chi connectivity index (χ1v) is 14.9. The van der Waals surface area contributed by atoms with Gasteiger partial charge in [-0.25, -0.2) is 9.07 Å². The number of anilines is 1. The van der Waals surface area contributed by atoms with Crippen molar-refractivity contribution < 1.29 is 41.7 Å². The van der Waals surface area contributed by atoms with Crippen molar-refractivity contribution in [2.75, 3.05) is 25.5 Å². The van der Waals surface area contributed by atoms with E-state index in [1.165, 1.54) is 37.3 Å². The number of nitrogens with one attached hydrogen (secondary N) is 1. The van der Waals surface area contributed by atoms with E-state index in [4.69, 9.17) is 15.2 Å². The van der Waals surface area contributed by atoms with Gasteiger partial charge >= 0.3 is 6.18 Å². The van der Waals surface area contributed by atoms with Crippen LogP contribution in [0.15, 0.2) is 60.8 Å². The van der Waals surface area contributed by atoms with Gasteiger partial charge in [0.1, 0.15) is 17.6 Å². The number of aliphatic hydroxyl groups excluding tert-OH is 1. The highest BCUT2D eigenvalue weighted by Crippen LogP contribution is 2.57. The van der Waals surface area contributed by atoms with Gasteiger partial charge in [0.2, 0.25) is 5.91 Å². The number of hydrogen-bond acceptors (Lipinski definition) is 7. The lowest BCUT2D eigenvalue weighted by molar-refractivity contribution is -0.380. The van der Waals surface area contributed by atoms with Gasteiger partial charge in [-0.2, -0.15) is 18.3 Å². The Morgan fingerprint density at radius 1 is 1.19 bits per heavy atom. The molecule has 1 aromatic heterocycles. The number of alkyl halides is 3. The molecule has 4 atom stereocenters. The fourth-order valence-corrected chi connectivity index (χ4v) is 6.67. The zero-order valence-electron chi connectivity index (χ0n) is 25.8. The van der Waals surface area contributed by atoms with Gasteiger partial charge in [-0.05, 0) is 67.9 Å². The first-order chi connectivity index (χ1) is 22.1. The van der Waals surface area contributed by atoms with Crippen molar-refractivity contribution in [1.82, 2.24) is 14.7 Å². The first-order valence-electron chi connectivity index (χ1n) is 14.9. The minimum absolute atomic E-state index is 0.0341. The van der Waals surface area contributed by atoms with E-state index in [-0.39, 0.29) is 29.8 Å². The molecular weight excluding hydrogens is 622 g/mol. The minimum atomic E-state index is -4.75. The summed E-state index contributed by atoms with van der Waals surface area (Å²) in [6, 6.07) is 12.7. The van der Waals surface area contributed by atoms with Crippen LogP contribution in [-0.4, -0.2) is 75.7 Å². The summed E-state index contributed by atoms with van der Waals surface area (Å²) in [4.78, 5) is 26.5. The van der Waals surface area contributed by atoms with Crippen molar-refractivity contribution in [1.29, 1.82) is 0 Å². The van der Waals surface area contributed by atoms with Crippen LogP contribution in [0, 0.1) is 12.7 Å². The second-order valence-corrected chi connectivity index (χ2v) is 12.3. The Hall–Kier alpha value is -4.69. The number of hydrogen-bond donors (Lipinski definition) is 3. The van der Waals surface area contributed by atoms with Crippen LogP contribution in [-0.2, 0) is 15.1 Å². The van der Waals surface area contributed by atoms with Crippen LogP contribution in [0.1, 0.15) is 41.3 Å². The number of aryl methyl sites for hydroxylation is 1. The van der Waals surface area contributed by atoms with Crippen molar-refractivity contribution >= 4 is 28.4 Å². The summed E-state index contributed by atoms with van der Waals surface area (Å²) in [5.41, 5.74) is 4.05. The topological polar surface area (TPSA) is 132 Å². The van der Waals surface area contributed by atoms with E-state index < -0.39 is 60.1 Å². The summed E-state index contributed by atoms with van der Waals surface area (Å²) in [6.07, 6.45) is -4.54. The molecule has 14 heteroatoms. The predicted molar refractivity (Wildman–Crippen MR) is 164 cm³/mol. The molecule has 6 rings (SSSR count). The van der Waals surface area contributed by atoms with Crippen LogP contribution in [0.25, 0.3) is 16.6 Å². The molecular formula is C33H33F4N5O5. The molecule has 0 saturated carbocycles. The number of aliphatic hydroxyl groups is 1. The van der Waals surface area contributed by atoms with E-state index in [0.29, 0.717) is 22.3 Å². The van der Waals surface area contributed by atoms with E-state index in [0.717, 1.165) is 11.6 Å². The molecule has 3 heterocycles. The smallest absolute Gasteiger partial charge is 0.419 e. The number of methoxy groups -OCH3 is 1. The van der Waals surface area contributed by atoms with Crippen molar-refractivity contribution in [3.8, 4) is 11.4 Å². The van der Waals surface area contributed by atoms with Gasteiger partial charge in [0.15, 0.2) is 5.60 Å². The monoisotopic (exact) mass is 655 g/mol. The second-order valence-electron chi connectivity index (χ2n) is 12.3. The third kappa shape index (κ3) is 5.65. The number of carbonyl (C=O) groups excluding carboxylic acids is 2. The maximum Gasteiger partial charge on any atom is 0.419 e. The summed E-state index contributed by atoms with van der Waals surface area (Å²) >= 11 is 0. The van der Waals surface area contributed by atoms with Crippen molar-refractivity contribution in [3.05, 3.63) is 83.3 Å². The van der Waals surface area contributed by atoms with E-state index in [2.05, 4.69) is 10.4 Å². The van der Waals surface area contributed by atoms with Crippen LogP contribution in [0.2, 0.25) is 0 Å². The molecule has 2 aliphatic rings. The molecule has 0 aliphatic carbocycles. The highest BCUT2D eigenvalue weighted by molar-refractivity contribution is 5.98. The van der Waals surface area contributed by atoms with Gasteiger partial charge in [0.25, 0.3) is 5.91 Å². The predicted octanol–water partition coefficient (Wildman–Crippen LogP) is 4.59. The number of halogens is 4. The standard InChI is InChI=1S/C33H33F4N5O5/c1-18-9-25(39-17-32(33(35,36)37)16-31(2,47-32)24-12-20(34)7-8-28(24)46-3)23-14-40-42(26(23)10-18)21-6-4-5-19(11-21)30(45)41-15-22(43)13-27(41)29(38)44/h4-12,14,22,27,39,43H,13,15-17H2,1-3H3,(H2,38,44)/t22-,27+,31?,32?/m0/s1. The highest BCUT2D eigenvalue weighted by atomic mass is 19.4. The molecule has 0 spiro atoms. The molecule has 47 heavy (non-hydrogen) atoms. The Balaban J connectivity index is 1.27. The van der Waals surface area contributed by atoms with E-state index >= 15 is 0 Å². The molecule has 248 valence electrons. The molecule has 10 nitrogen and oxygen atoms in total. The Morgan fingerprint density at radius 2 is 1.94 bits per heavy atom. The summed E-state index contributed by atoms with van der Waals surface area (Å²) in [6.45, 7) is 2.60. The molecule has 2 amide bonds. The fraction of sp³-hybridized carbons (Fsp3) is 0.364. The quantitative estimate of drug-likeness (QED) is 0.237. The molecule has 0 radical (unpaired) electrons. The van der Waals surface area contributed by atoms with Crippen LogP contribution in [0.4, 0.5) is 23.2 Å². The number of aromatic nitrogens is 2. The largest absolute Gasteiger partial charge is 0.496 e. The lowest BCUT2D eigenvalue weighted by Gasteiger charge is -2.55. The summed E-state index contributed by atoms with van der Waals surface area (Å²) in [5, 5.41) is 18.0. The summed E-state index contributed by atoms with van der Waals surface area (Å²) in [7, 11) is 1.35. The van der Waals surface area contributed by atoms with Gasteiger partial charge in [-0.3, -0.25) is 9.59 Å². The van der Waals surface area contributed by atoms with Crippen LogP contribution in [0.3, 0.4) is 0 Å². The molecule has 4 aromatic rings. The Kier molecular flexibility index (Phi) is 7.91. The molecule has 2 fully saturated rings. The zero-order valence-corrected chi connectivity index (χ0v) is 25.8. The number of benzene rings is 3. The maximum absolute atomic E-state index is 14.5. The number of amides is 2. The number of rotatable bonds is 8. The number of fused-ring (bicyclic) bond motifs is 1. The highest BCUT2D eigenvalue weighted by Gasteiger charge is 2.68. The van der Waals surface area contributed by atoms with Gasteiger partial charge in [0.05, 0.1) is 42.8 Å². The summed E-state index contributed by atoms with van der Waals surface area (Å²) in [5.74, 6) is -1.59. The number of nitrogens with zero attached hydrogens (tertiary/aromatic N) is 3. The third-order valence-corrected chi connectivity index (χ3v) is 8.89. The van der Waals surface area contributed by atoms with Crippen LogP contribution < -0.4 is 15.8 Å². The normalized spacial score (nSPS) is 24.3. The number of likely N-dealkylation sites (tertiary alicyclic amines) is 1. The lowest BCUT2D eigenvalue weighted by Crippen LogP contribution is -2.67. The fourth-order valence-electron chi connectivity index (χ4n) is 6.67. The average molecular weight is 656 g/mol. The van der Waals surface area contributed by atoms with E-state index in [1.807, 2.05) is 6.07 Å². The number of nitrogens with two attached hydrogens (primary N) is 1. The maximum atomic E-state index is 14.5. The average Bonchev–Trinajstić information content (AvgIpc) is 3.61. The number of carbonyl (C=O) groups is 2. The number of primary amides is 1. The molecule has 2 saturated heterocycles. The van der Waals surface area contributed by atoms with Gasteiger partial charge < -0.3 is 30.5 Å². The van der Waals surface area contributed by atoms with Crippen molar-refractivity contribution in [2.45, 2.75) is 56.2 Å². The van der Waals surface area contributed by atoms with Crippen molar-refractivity contribution in [2.24, 2.45) is 5.73 Å². The molecule has 2 unspecified atom stereocenters. The van der Waals surface area contributed by atoms with Crippen LogP contribution >= 0.6 is 0 Å². The van der Waals surface area contributed by atoms with Gasteiger partial charge in [-0.1, -0.05) is 6.07 Å². The minimum Gasteiger partial charge on any atom is -0.496 e. The molecule has 2 aliphatic heterocycles. The Labute approximate surface area is 267 Å². The molecule has 0 bridgehead atoms. The first kappa shape index (κ1) is 32.3. The third-order valence-electron chi connectivity index (χ3n) is 8.89. The second kappa shape index (κ2) is 11.5. The van der Waals surface area contributed by atoms with Crippen molar-refractivity contribution in [3.63, 3.8) is 0 Å². The number of β-amino-alcohol motifs (C(OH)–C–C–N with tert-alkyl or cyclic N) is 1. The Bertz CT molecular complexity index is 1870. The van der Waals surface area contributed by atoms with E-state index in [1.54, 1.807) is 41.9 Å². The zero-order chi connectivity index (χ0) is 33.9. The number of ether oxygens (including phenoxy) is 2. The Morgan fingerprint density at radius 3 is 2.62 bits per heavy atom. The summed E-state index contributed by atoms with van der Waals surface area (Å²) < 4.78 is 70.2. The lowest BCUT2D eigenvalue weighted by atomic mass is 9.75. The molecule has 3 aromatic carbocycles. The van der Waals surface area contributed by atoms with Crippen LogP contribution in [0.5, 0.6) is 5.75 Å². The SMILES string of the molecule is COc1ccc(F)cc1C1(C)CC(CNc2cc(C)cc3c2cnn3-c2cccc(C(=O)N3C[C@@H](O)C[C@@H]3C(N)=O)c2)(C(F)(F)F)O1. The van der Waals surface area contributed by atoms with Gasteiger partial charge in [0, 0.05) is 41.6 Å².